The van der Waals surface area contributed by atoms with Gasteiger partial charge >= 0.3 is 12.5 Å². The average molecular weight is 345 g/mol. The van der Waals surface area contributed by atoms with E-state index in [-0.39, 0.29) is 12.4 Å². The van der Waals surface area contributed by atoms with Gasteiger partial charge in [-0.25, -0.2) is 4.79 Å². The first-order chi connectivity index (χ1) is 11.4. The fourth-order valence-electron chi connectivity index (χ4n) is 2.40. The summed E-state index contributed by atoms with van der Waals surface area (Å²) in [5.41, 5.74) is 0.591. The highest BCUT2D eigenvalue weighted by atomic mass is 19.4. The monoisotopic (exact) mass is 345 g/mol. The molecule has 2 rings (SSSR count). The lowest BCUT2D eigenvalue weighted by molar-refractivity contribution is -0.274. The van der Waals surface area contributed by atoms with Crippen LogP contribution in [0, 0.1) is 6.92 Å². The Bertz CT molecular complexity index is 526. The van der Waals surface area contributed by atoms with E-state index in [1.54, 1.807) is 4.90 Å². The molecule has 1 heterocycles. The summed E-state index contributed by atoms with van der Waals surface area (Å²) in [5.74, 6) is -0.306. The van der Waals surface area contributed by atoms with Crippen LogP contribution in [-0.2, 0) is 11.3 Å². The Balaban J connectivity index is 1.76. The van der Waals surface area contributed by atoms with Crippen molar-refractivity contribution in [2.75, 3.05) is 32.7 Å². The maximum absolute atomic E-state index is 12.1. The van der Waals surface area contributed by atoms with Gasteiger partial charge in [0, 0.05) is 26.2 Å². The number of hydrogen-bond donors (Lipinski definition) is 0. The molecule has 0 N–H and O–H groups in total. The van der Waals surface area contributed by atoms with Crippen molar-refractivity contribution < 1.29 is 27.4 Å². The second kappa shape index (κ2) is 8.23. The number of halogens is 3. The SMILES string of the molecule is [CH2]CCN1CCN(C(=O)OCc2ccc(OC(F)(F)F)cc2)CC1. The Hall–Kier alpha value is -1.96. The molecule has 24 heavy (non-hydrogen) atoms. The second-order valence-electron chi connectivity index (χ2n) is 5.43. The van der Waals surface area contributed by atoms with E-state index in [0.29, 0.717) is 18.7 Å². The zero-order chi connectivity index (χ0) is 17.6. The van der Waals surface area contributed by atoms with Gasteiger partial charge in [-0.3, -0.25) is 4.90 Å². The third-order valence-corrected chi connectivity index (χ3v) is 3.62. The molecule has 1 aliphatic heterocycles. The number of carbonyl (C=O) groups is 1. The molecule has 1 radical (unpaired) electrons. The molecule has 0 saturated carbocycles. The Morgan fingerprint density at radius 3 is 2.29 bits per heavy atom. The van der Waals surface area contributed by atoms with Gasteiger partial charge in [0.2, 0.25) is 0 Å². The molecule has 0 aromatic heterocycles. The van der Waals surface area contributed by atoms with Crippen molar-refractivity contribution in [2.24, 2.45) is 0 Å². The highest BCUT2D eigenvalue weighted by Crippen LogP contribution is 2.23. The molecule has 0 aliphatic carbocycles. The Morgan fingerprint density at radius 1 is 1.12 bits per heavy atom. The summed E-state index contributed by atoms with van der Waals surface area (Å²) in [6, 6.07) is 5.24. The van der Waals surface area contributed by atoms with Crippen molar-refractivity contribution in [3.8, 4) is 5.75 Å². The summed E-state index contributed by atoms with van der Waals surface area (Å²) in [6.07, 6.45) is -4.30. The molecule has 0 unspecified atom stereocenters. The molecule has 0 spiro atoms. The third-order valence-electron chi connectivity index (χ3n) is 3.62. The summed E-state index contributed by atoms with van der Waals surface area (Å²) >= 11 is 0. The fraction of sp³-hybridized carbons (Fsp3) is 0.500. The molecule has 1 amide bonds. The summed E-state index contributed by atoms with van der Waals surface area (Å²) in [7, 11) is 0. The van der Waals surface area contributed by atoms with E-state index in [9.17, 15) is 18.0 Å². The smallest absolute Gasteiger partial charge is 0.445 e. The van der Waals surface area contributed by atoms with Crippen molar-refractivity contribution in [3.05, 3.63) is 36.8 Å². The lowest BCUT2D eigenvalue weighted by Gasteiger charge is -2.33. The largest absolute Gasteiger partial charge is 0.573 e. The molecule has 1 saturated heterocycles. The Labute approximate surface area is 138 Å². The first-order valence-electron chi connectivity index (χ1n) is 7.65. The van der Waals surface area contributed by atoms with Crippen LogP contribution in [0.2, 0.25) is 0 Å². The first kappa shape index (κ1) is 18.4. The van der Waals surface area contributed by atoms with Crippen LogP contribution in [-0.4, -0.2) is 55.0 Å². The standard InChI is InChI=1S/C16H20F3N2O3/c1-2-7-20-8-10-21(11-9-20)15(22)23-12-13-3-5-14(6-4-13)24-16(17,18)19/h3-6H,1-2,7-12H2. The van der Waals surface area contributed by atoms with Crippen LogP contribution in [0.4, 0.5) is 18.0 Å². The number of benzene rings is 1. The molecule has 1 fully saturated rings. The van der Waals surface area contributed by atoms with Crippen LogP contribution in [0.1, 0.15) is 12.0 Å². The quantitative estimate of drug-likeness (QED) is 0.823. The summed E-state index contributed by atoms with van der Waals surface area (Å²) in [5, 5.41) is 0. The van der Waals surface area contributed by atoms with Crippen LogP contribution in [0.3, 0.4) is 0 Å². The molecule has 8 heteroatoms. The first-order valence-corrected chi connectivity index (χ1v) is 7.65. The third kappa shape index (κ3) is 5.92. The van der Waals surface area contributed by atoms with Crippen molar-refractivity contribution >= 4 is 6.09 Å². The van der Waals surface area contributed by atoms with Gasteiger partial charge in [0.25, 0.3) is 0 Å². The van der Waals surface area contributed by atoms with E-state index in [0.717, 1.165) is 26.1 Å². The maximum atomic E-state index is 12.1. The van der Waals surface area contributed by atoms with Gasteiger partial charge in [0.05, 0.1) is 0 Å². The molecule has 1 aromatic rings. The predicted molar refractivity (Wildman–Crippen MR) is 81.3 cm³/mol. The molecule has 5 nitrogen and oxygen atoms in total. The zero-order valence-corrected chi connectivity index (χ0v) is 13.2. The number of alkyl halides is 3. The molecular formula is C16H20F3N2O3. The van der Waals surface area contributed by atoms with Crippen molar-refractivity contribution in [1.29, 1.82) is 0 Å². The fourth-order valence-corrected chi connectivity index (χ4v) is 2.40. The molecule has 133 valence electrons. The Morgan fingerprint density at radius 2 is 1.75 bits per heavy atom. The second-order valence-corrected chi connectivity index (χ2v) is 5.43. The number of carbonyl (C=O) groups excluding carboxylic acids is 1. The zero-order valence-electron chi connectivity index (χ0n) is 13.2. The predicted octanol–water partition coefficient (Wildman–Crippen LogP) is 3.06. The van der Waals surface area contributed by atoms with Gasteiger partial charge < -0.3 is 14.4 Å². The van der Waals surface area contributed by atoms with Gasteiger partial charge in [-0.1, -0.05) is 19.1 Å². The molecule has 1 aliphatic rings. The van der Waals surface area contributed by atoms with Gasteiger partial charge in [-0.05, 0) is 30.7 Å². The Kier molecular flexibility index (Phi) is 6.30. The molecule has 0 atom stereocenters. The average Bonchev–Trinajstić information content (AvgIpc) is 2.53. The minimum Gasteiger partial charge on any atom is -0.445 e. The van der Waals surface area contributed by atoms with Crippen LogP contribution in [0.5, 0.6) is 5.75 Å². The lowest BCUT2D eigenvalue weighted by Crippen LogP contribution is -2.48. The number of hydrogen-bond acceptors (Lipinski definition) is 4. The van der Waals surface area contributed by atoms with E-state index >= 15 is 0 Å². The highest BCUT2D eigenvalue weighted by Gasteiger charge is 2.31. The van der Waals surface area contributed by atoms with Gasteiger partial charge in [-0.15, -0.1) is 13.2 Å². The van der Waals surface area contributed by atoms with Crippen LogP contribution in [0.15, 0.2) is 24.3 Å². The highest BCUT2D eigenvalue weighted by molar-refractivity contribution is 5.67. The summed E-state index contributed by atoms with van der Waals surface area (Å²) < 4.78 is 45.2. The van der Waals surface area contributed by atoms with E-state index in [1.165, 1.54) is 24.3 Å². The summed E-state index contributed by atoms with van der Waals surface area (Å²) in [6.45, 7) is 7.48. The van der Waals surface area contributed by atoms with Gasteiger partial charge in [0.1, 0.15) is 12.4 Å². The van der Waals surface area contributed by atoms with Crippen molar-refractivity contribution in [2.45, 2.75) is 19.4 Å². The molecule has 0 bridgehead atoms. The van der Waals surface area contributed by atoms with E-state index in [1.807, 2.05) is 0 Å². The number of rotatable bonds is 5. The van der Waals surface area contributed by atoms with Crippen LogP contribution >= 0.6 is 0 Å². The van der Waals surface area contributed by atoms with E-state index in [4.69, 9.17) is 4.74 Å². The summed E-state index contributed by atoms with van der Waals surface area (Å²) in [4.78, 5) is 15.8. The number of amides is 1. The normalized spacial score (nSPS) is 16.1. The number of piperazine rings is 1. The van der Waals surface area contributed by atoms with Crippen molar-refractivity contribution in [3.63, 3.8) is 0 Å². The number of ether oxygens (including phenoxy) is 2. The minimum absolute atomic E-state index is 0.00419. The van der Waals surface area contributed by atoms with E-state index in [2.05, 4.69) is 16.6 Å². The van der Waals surface area contributed by atoms with Crippen molar-refractivity contribution in [1.82, 2.24) is 9.80 Å². The van der Waals surface area contributed by atoms with Crippen LogP contribution < -0.4 is 4.74 Å². The maximum Gasteiger partial charge on any atom is 0.573 e. The number of nitrogens with zero attached hydrogens (tertiary/aromatic N) is 2. The topological polar surface area (TPSA) is 42.0 Å². The lowest BCUT2D eigenvalue weighted by atomic mass is 10.2. The molecule has 1 aromatic carbocycles. The molecular weight excluding hydrogens is 325 g/mol. The van der Waals surface area contributed by atoms with Gasteiger partial charge in [-0.2, -0.15) is 0 Å². The van der Waals surface area contributed by atoms with Crippen LogP contribution in [0.25, 0.3) is 0 Å². The van der Waals surface area contributed by atoms with E-state index < -0.39 is 12.5 Å². The van der Waals surface area contributed by atoms with Gasteiger partial charge in [0.15, 0.2) is 0 Å². The minimum atomic E-state index is -4.72.